The SMILES string of the molecule is C(=Cc1nnon1)c1cc[nH]c1. The van der Waals surface area contributed by atoms with E-state index in [1.54, 1.807) is 6.08 Å². The van der Waals surface area contributed by atoms with Gasteiger partial charge in [-0.25, -0.2) is 4.63 Å². The van der Waals surface area contributed by atoms with Crippen LogP contribution < -0.4 is 0 Å². The van der Waals surface area contributed by atoms with Crippen molar-refractivity contribution in [2.24, 2.45) is 0 Å². The van der Waals surface area contributed by atoms with Crippen molar-refractivity contribution in [2.45, 2.75) is 0 Å². The molecule has 0 aliphatic rings. The molecule has 0 bridgehead atoms. The van der Waals surface area contributed by atoms with Gasteiger partial charge in [0, 0.05) is 12.4 Å². The van der Waals surface area contributed by atoms with Gasteiger partial charge in [-0.05, 0) is 28.9 Å². The molecule has 0 fully saturated rings. The van der Waals surface area contributed by atoms with Crippen molar-refractivity contribution in [3.8, 4) is 0 Å². The molecule has 0 aliphatic carbocycles. The van der Waals surface area contributed by atoms with Crippen molar-refractivity contribution < 1.29 is 4.63 Å². The molecule has 2 heterocycles. The van der Waals surface area contributed by atoms with Crippen LogP contribution in [0.25, 0.3) is 12.2 Å². The van der Waals surface area contributed by atoms with Gasteiger partial charge in [0.2, 0.25) is 5.82 Å². The van der Waals surface area contributed by atoms with Gasteiger partial charge >= 0.3 is 0 Å². The van der Waals surface area contributed by atoms with Crippen LogP contribution in [0.5, 0.6) is 0 Å². The predicted molar refractivity (Wildman–Crippen MR) is 41.8 cm³/mol. The van der Waals surface area contributed by atoms with Gasteiger partial charge in [-0.3, -0.25) is 0 Å². The Morgan fingerprint density at radius 2 is 2.42 bits per heavy atom. The number of nitrogens with one attached hydrogen (secondary N) is 1. The Morgan fingerprint density at radius 3 is 3.08 bits per heavy atom. The number of hydrogen-bond acceptors (Lipinski definition) is 4. The largest absolute Gasteiger partial charge is 0.367 e. The molecule has 0 spiro atoms. The van der Waals surface area contributed by atoms with Gasteiger partial charge in [-0.1, -0.05) is 5.10 Å². The van der Waals surface area contributed by atoms with Crippen LogP contribution in [-0.4, -0.2) is 20.5 Å². The van der Waals surface area contributed by atoms with Crippen LogP contribution in [0.4, 0.5) is 0 Å². The van der Waals surface area contributed by atoms with Crippen LogP contribution in [0.15, 0.2) is 23.1 Å². The first-order valence-electron chi connectivity index (χ1n) is 3.41. The Morgan fingerprint density at radius 1 is 1.42 bits per heavy atom. The number of nitrogens with zero attached hydrogens (tertiary/aromatic N) is 3. The quantitative estimate of drug-likeness (QED) is 0.714. The smallest absolute Gasteiger partial charge is 0.219 e. The van der Waals surface area contributed by atoms with Gasteiger partial charge in [0.15, 0.2) is 0 Å². The molecule has 0 aromatic carbocycles. The highest BCUT2D eigenvalue weighted by molar-refractivity contribution is 5.65. The summed E-state index contributed by atoms with van der Waals surface area (Å²) in [4.78, 5) is 2.93. The predicted octanol–water partition coefficient (Wildman–Crippen LogP) is 0.963. The van der Waals surface area contributed by atoms with E-state index < -0.39 is 0 Å². The Balaban J connectivity index is 2.14. The number of hydrogen-bond donors (Lipinski definition) is 1. The number of aromatic amines is 1. The topological polar surface area (TPSA) is 67.6 Å². The second-order valence-corrected chi connectivity index (χ2v) is 2.19. The van der Waals surface area contributed by atoms with Crippen LogP contribution in [0.1, 0.15) is 11.4 Å². The highest BCUT2D eigenvalue weighted by atomic mass is 16.6. The third-order valence-corrected chi connectivity index (χ3v) is 1.36. The summed E-state index contributed by atoms with van der Waals surface area (Å²) in [7, 11) is 0. The maximum Gasteiger partial charge on any atom is 0.219 e. The molecule has 0 amide bonds. The Bertz CT molecular complexity index is 312. The average molecular weight is 162 g/mol. The van der Waals surface area contributed by atoms with E-state index in [9.17, 15) is 0 Å². The van der Waals surface area contributed by atoms with Crippen molar-refractivity contribution >= 4 is 12.2 Å². The third kappa shape index (κ3) is 1.39. The lowest BCUT2D eigenvalue weighted by atomic mass is 10.3. The maximum absolute atomic E-state index is 4.31. The van der Waals surface area contributed by atoms with E-state index in [2.05, 4.69) is 25.1 Å². The monoisotopic (exact) mass is 162 g/mol. The normalized spacial score (nSPS) is 11.0. The molecule has 0 saturated heterocycles. The summed E-state index contributed by atoms with van der Waals surface area (Å²) in [6.45, 7) is 0. The minimum Gasteiger partial charge on any atom is -0.367 e. The van der Waals surface area contributed by atoms with Crippen molar-refractivity contribution in [1.29, 1.82) is 0 Å². The van der Waals surface area contributed by atoms with Crippen molar-refractivity contribution in [1.82, 2.24) is 20.5 Å². The van der Waals surface area contributed by atoms with E-state index in [-0.39, 0.29) is 0 Å². The molecule has 60 valence electrons. The molecule has 0 saturated carbocycles. The zero-order valence-corrected chi connectivity index (χ0v) is 6.14. The zero-order valence-electron chi connectivity index (χ0n) is 6.14. The Hall–Kier alpha value is -1.91. The van der Waals surface area contributed by atoms with Crippen LogP contribution in [0.2, 0.25) is 0 Å². The minimum atomic E-state index is 0.469. The van der Waals surface area contributed by atoms with E-state index in [4.69, 9.17) is 0 Å². The molecule has 0 aliphatic heterocycles. The number of H-pyrrole nitrogens is 1. The summed E-state index contributed by atoms with van der Waals surface area (Å²) in [6.07, 6.45) is 7.29. The van der Waals surface area contributed by atoms with Gasteiger partial charge in [0.1, 0.15) is 0 Å². The molecule has 1 N–H and O–H groups in total. The first-order valence-corrected chi connectivity index (χ1v) is 3.41. The minimum absolute atomic E-state index is 0.469. The van der Waals surface area contributed by atoms with E-state index in [0.29, 0.717) is 5.82 Å². The molecule has 2 aromatic heterocycles. The lowest BCUT2D eigenvalue weighted by Gasteiger charge is -1.78. The van der Waals surface area contributed by atoms with Gasteiger partial charge < -0.3 is 4.98 Å². The van der Waals surface area contributed by atoms with E-state index in [1.807, 2.05) is 24.5 Å². The van der Waals surface area contributed by atoms with E-state index in [0.717, 1.165) is 5.56 Å². The lowest BCUT2D eigenvalue weighted by molar-refractivity contribution is 0.292. The molecule has 5 nitrogen and oxygen atoms in total. The van der Waals surface area contributed by atoms with Gasteiger partial charge in [0.05, 0.1) is 5.27 Å². The molecule has 0 unspecified atom stereocenters. The summed E-state index contributed by atoms with van der Waals surface area (Å²) in [5.74, 6) is 0.469. The van der Waals surface area contributed by atoms with Crippen molar-refractivity contribution in [2.75, 3.05) is 0 Å². The van der Waals surface area contributed by atoms with Crippen LogP contribution in [-0.2, 0) is 0 Å². The number of aromatic nitrogens is 4. The van der Waals surface area contributed by atoms with Crippen LogP contribution in [0.3, 0.4) is 0 Å². The summed E-state index contributed by atoms with van der Waals surface area (Å²) in [6, 6.07) is 1.93. The molecule has 5 heteroatoms. The highest BCUT2D eigenvalue weighted by Gasteiger charge is 1.91. The average Bonchev–Trinajstić information content (AvgIpc) is 2.74. The summed E-state index contributed by atoms with van der Waals surface area (Å²) >= 11 is 0. The fourth-order valence-electron chi connectivity index (χ4n) is 0.813. The third-order valence-electron chi connectivity index (χ3n) is 1.36. The molecule has 2 rings (SSSR count). The van der Waals surface area contributed by atoms with E-state index >= 15 is 0 Å². The standard InChI is InChI=1S/C7H6N4O/c1(6-3-4-8-5-6)2-7-9-11-12-10-7/h1-5,8H. The molecule has 0 atom stereocenters. The maximum atomic E-state index is 4.31. The van der Waals surface area contributed by atoms with Gasteiger partial charge in [-0.2, -0.15) is 0 Å². The van der Waals surface area contributed by atoms with Crippen molar-refractivity contribution in [3.05, 3.63) is 29.8 Å². The summed E-state index contributed by atoms with van der Waals surface area (Å²) in [5, 5.41) is 10.3. The second kappa shape index (κ2) is 3.00. The van der Waals surface area contributed by atoms with E-state index in [1.165, 1.54) is 0 Å². The Labute approximate surface area is 68.1 Å². The lowest BCUT2D eigenvalue weighted by Crippen LogP contribution is -1.73. The fourth-order valence-corrected chi connectivity index (χ4v) is 0.813. The summed E-state index contributed by atoms with van der Waals surface area (Å²) < 4.78 is 4.31. The number of rotatable bonds is 2. The van der Waals surface area contributed by atoms with Crippen LogP contribution in [0, 0.1) is 0 Å². The first-order chi connectivity index (χ1) is 5.95. The highest BCUT2D eigenvalue weighted by Crippen LogP contribution is 2.01. The van der Waals surface area contributed by atoms with Crippen molar-refractivity contribution in [3.63, 3.8) is 0 Å². The molecule has 2 aromatic rings. The second-order valence-electron chi connectivity index (χ2n) is 2.19. The zero-order chi connectivity index (χ0) is 8.23. The molecular weight excluding hydrogens is 156 g/mol. The molecule has 0 radical (unpaired) electrons. The van der Waals surface area contributed by atoms with Crippen LogP contribution >= 0.6 is 0 Å². The molecule has 12 heavy (non-hydrogen) atoms. The first kappa shape index (κ1) is 6.78. The summed E-state index contributed by atoms with van der Waals surface area (Å²) in [5.41, 5.74) is 1.06. The van der Waals surface area contributed by atoms with Gasteiger partial charge in [-0.15, -0.1) is 0 Å². The molecular formula is C7H6N4O. The fraction of sp³-hybridized carbons (Fsp3) is 0. The van der Waals surface area contributed by atoms with Gasteiger partial charge in [0.25, 0.3) is 0 Å². The Kier molecular flexibility index (Phi) is 1.69.